The summed E-state index contributed by atoms with van der Waals surface area (Å²) in [5.41, 5.74) is 2.53. The number of hydrogen-bond donors (Lipinski definition) is 2. The third kappa shape index (κ3) is 7.72. The second-order valence-corrected chi connectivity index (χ2v) is 7.46. The Hall–Kier alpha value is -2.29. The molecular formula is C24H33IN4O2. The smallest absolute Gasteiger partial charge is 0.241 e. The molecular weight excluding hydrogens is 503 g/mol. The van der Waals surface area contributed by atoms with Gasteiger partial charge in [0.25, 0.3) is 0 Å². The monoisotopic (exact) mass is 536 g/mol. The van der Waals surface area contributed by atoms with Crippen molar-refractivity contribution in [1.29, 1.82) is 0 Å². The Bertz CT molecular complexity index is 827. The normalized spacial score (nSPS) is 15.9. The van der Waals surface area contributed by atoms with Gasteiger partial charge in [0.05, 0.1) is 7.11 Å². The maximum atomic E-state index is 12.2. The summed E-state index contributed by atoms with van der Waals surface area (Å²) in [6, 6.07) is 18.5. The van der Waals surface area contributed by atoms with Crippen LogP contribution in [0, 0.1) is 0 Å². The van der Waals surface area contributed by atoms with Gasteiger partial charge in [0.15, 0.2) is 5.96 Å². The lowest BCUT2D eigenvalue weighted by Crippen LogP contribution is -2.41. The maximum absolute atomic E-state index is 12.2. The highest BCUT2D eigenvalue weighted by Gasteiger charge is 2.26. The number of carbonyl (C=O) groups is 1. The van der Waals surface area contributed by atoms with Crippen molar-refractivity contribution in [3.05, 3.63) is 65.7 Å². The van der Waals surface area contributed by atoms with Crippen LogP contribution in [0.5, 0.6) is 5.75 Å². The first kappa shape index (κ1) is 25.0. The van der Waals surface area contributed by atoms with Gasteiger partial charge < -0.3 is 20.3 Å². The highest BCUT2D eigenvalue weighted by atomic mass is 127. The Morgan fingerprint density at radius 3 is 2.55 bits per heavy atom. The van der Waals surface area contributed by atoms with Crippen LogP contribution in [0.25, 0.3) is 0 Å². The number of hydrogen-bond acceptors (Lipinski definition) is 3. The summed E-state index contributed by atoms with van der Waals surface area (Å²) in [4.78, 5) is 19.0. The Balaban J connectivity index is 0.00000341. The molecule has 2 aromatic carbocycles. The van der Waals surface area contributed by atoms with Crippen molar-refractivity contribution < 1.29 is 9.53 Å². The molecule has 7 heteroatoms. The Kier molecular flexibility index (Phi) is 10.6. The van der Waals surface area contributed by atoms with Gasteiger partial charge in [-0.1, -0.05) is 42.5 Å². The minimum atomic E-state index is -0.0489. The summed E-state index contributed by atoms with van der Waals surface area (Å²) in [6.45, 7) is 5.41. The predicted octanol–water partition coefficient (Wildman–Crippen LogP) is 3.43. The van der Waals surface area contributed by atoms with Gasteiger partial charge >= 0.3 is 0 Å². The van der Waals surface area contributed by atoms with Crippen molar-refractivity contribution in [2.24, 2.45) is 4.99 Å². The lowest BCUT2D eigenvalue weighted by atomic mass is 9.98. The summed E-state index contributed by atoms with van der Waals surface area (Å²) in [5, 5.41) is 6.29. The molecule has 1 aliphatic heterocycles. The van der Waals surface area contributed by atoms with Crippen molar-refractivity contribution in [3.8, 4) is 5.75 Å². The number of rotatable bonds is 8. The molecule has 31 heavy (non-hydrogen) atoms. The van der Waals surface area contributed by atoms with Crippen LogP contribution < -0.4 is 15.4 Å². The van der Waals surface area contributed by atoms with Gasteiger partial charge in [-0.3, -0.25) is 4.79 Å². The molecule has 1 atom stereocenters. The average Bonchev–Trinajstić information content (AvgIpc) is 3.27. The zero-order chi connectivity index (χ0) is 21.2. The fourth-order valence-corrected chi connectivity index (χ4v) is 3.72. The molecule has 3 rings (SSSR count). The third-order valence-electron chi connectivity index (χ3n) is 5.36. The number of methoxy groups -OCH3 is 1. The SMILES string of the molecule is CCNC(=NCC(=O)NCCc1ccccc1)N1CCC(c2ccc(OC)cc2)C1.I. The van der Waals surface area contributed by atoms with E-state index in [1.54, 1.807) is 7.11 Å². The predicted molar refractivity (Wildman–Crippen MR) is 136 cm³/mol. The van der Waals surface area contributed by atoms with E-state index in [1.165, 1.54) is 11.1 Å². The van der Waals surface area contributed by atoms with Gasteiger partial charge in [0.2, 0.25) is 5.91 Å². The fraction of sp³-hybridized carbons (Fsp3) is 0.417. The maximum Gasteiger partial charge on any atom is 0.241 e. The molecule has 1 fully saturated rings. The highest BCUT2D eigenvalue weighted by molar-refractivity contribution is 14.0. The molecule has 1 heterocycles. The molecule has 0 aromatic heterocycles. The third-order valence-corrected chi connectivity index (χ3v) is 5.36. The second kappa shape index (κ2) is 13.2. The fourth-order valence-electron chi connectivity index (χ4n) is 3.72. The van der Waals surface area contributed by atoms with Gasteiger partial charge in [-0.05, 0) is 43.0 Å². The van der Waals surface area contributed by atoms with Gasteiger partial charge in [-0.25, -0.2) is 4.99 Å². The first-order valence-corrected chi connectivity index (χ1v) is 10.7. The standard InChI is InChI=1S/C24H32N4O2.HI/c1-3-25-24(27-17-23(29)26-15-13-19-7-5-4-6-8-19)28-16-14-21(18-28)20-9-11-22(30-2)12-10-20;/h4-12,21H,3,13-18H2,1-2H3,(H,25,27)(H,26,29);1H. The van der Waals surface area contributed by atoms with E-state index < -0.39 is 0 Å². The first-order valence-electron chi connectivity index (χ1n) is 10.7. The number of ether oxygens (including phenoxy) is 1. The number of benzene rings is 2. The molecule has 1 aliphatic rings. The summed E-state index contributed by atoms with van der Waals surface area (Å²) in [5.74, 6) is 2.10. The average molecular weight is 536 g/mol. The Morgan fingerprint density at radius 2 is 1.87 bits per heavy atom. The molecule has 2 aromatic rings. The highest BCUT2D eigenvalue weighted by Crippen LogP contribution is 2.28. The lowest BCUT2D eigenvalue weighted by Gasteiger charge is -2.21. The Labute approximate surface area is 202 Å². The molecule has 0 aliphatic carbocycles. The van der Waals surface area contributed by atoms with Crippen LogP contribution in [-0.2, 0) is 11.2 Å². The van der Waals surface area contributed by atoms with Crippen molar-refractivity contribution >= 4 is 35.8 Å². The number of guanidine groups is 1. The molecule has 2 N–H and O–H groups in total. The van der Waals surface area contributed by atoms with E-state index in [0.717, 1.165) is 44.2 Å². The zero-order valence-electron chi connectivity index (χ0n) is 18.3. The van der Waals surface area contributed by atoms with Crippen LogP contribution in [0.4, 0.5) is 0 Å². The largest absolute Gasteiger partial charge is 0.497 e. The van der Waals surface area contributed by atoms with Crippen LogP contribution in [-0.4, -0.2) is 56.6 Å². The van der Waals surface area contributed by atoms with Crippen molar-refractivity contribution in [2.75, 3.05) is 39.8 Å². The van der Waals surface area contributed by atoms with Crippen molar-refractivity contribution in [1.82, 2.24) is 15.5 Å². The Morgan fingerprint density at radius 1 is 1.13 bits per heavy atom. The summed E-state index contributed by atoms with van der Waals surface area (Å²) < 4.78 is 5.25. The van der Waals surface area contributed by atoms with Crippen molar-refractivity contribution in [2.45, 2.75) is 25.7 Å². The molecule has 0 spiro atoms. The molecule has 1 saturated heterocycles. The van der Waals surface area contributed by atoms with E-state index in [4.69, 9.17) is 4.74 Å². The number of nitrogens with one attached hydrogen (secondary N) is 2. The van der Waals surface area contributed by atoms with E-state index >= 15 is 0 Å². The van der Waals surface area contributed by atoms with Gasteiger partial charge in [0, 0.05) is 32.1 Å². The number of halogens is 1. The second-order valence-electron chi connectivity index (χ2n) is 7.46. The first-order chi connectivity index (χ1) is 14.7. The summed E-state index contributed by atoms with van der Waals surface area (Å²) >= 11 is 0. The number of carbonyl (C=O) groups excluding carboxylic acids is 1. The molecule has 1 unspecified atom stereocenters. The van der Waals surface area contributed by atoms with E-state index in [2.05, 4.69) is 44.8 Å². The number of likely N-dealkylation sites (tertiary alicyclic amines) is 1. The number of aliphatic imine (C=N–C) groups is 1. The number of amides is 1. The minimum absolute atomic E-state index is 0. The van der Waals surface area contributed by atoms with E-state index in [9.17, 15) is 4.79 Å². The van der Waals surface area contributed by atoms with Crippen LogP contribution in [0.3, 0.4) is 0 Å². The molecule has 0 radical (unpaired) electrons. The van der Waals surface area contributed by atoms with Gasteiger partial charge in [0.1, 0.15) is 12.3 Å². The van der Waals surface area contributed by atoms with Crippen LogP contribution >= 0.6 is 24.0 Å². The zero-order valence-corrected chi connectivity index (χ0v) is 20.7. The van der Waals surface area contributed by atoms with E-state index in [1.807, 2.05) is 37.3 Å². The van der Waals surface area contributed by atoms with Crippen LogP contribution in [0.2, 0.25) is 0 Å². The van der Waals surface area contributed by atoms with E-state index in [-0.39, 0.29) is 36.4 Å². The summed E-state index contributed by atoms with van der Waals surface area (Å²) in [7, 11) is 1.68. The van der Waals surface area contributed by atoms with Gasteiger partial charge in [-0.2, -0.15) is 0 Å². The van der Waals surface area contributed by atoms with E-state index in [0.29, 0.717) is 12.5 Å². The molecule has 1 amide bonds. The van der Waals surface area contributed by atoms with Crippen molar-refractivity contribution in [3.63, 3.8) is 0 Å². The van der Waals surface area contributed by atoms with Gasteiger partial charge in [-0.15, -0.1) is 24.0 Å². The lowest BCUT2D eigenvalue weighted by molar-refractivity contribution is -0.119. The quantitative estimate of drug-likeness (QED) is 0.309. The summed E-state index contributed by atoms with van der Waals surface area (Å²) in [6.07, 6.45) is 1.89. The number of nitrogens with zero attached hydrogens (tertiary/aromatic N) is 2. The molecule has 0 saturated carbocycles. The van der Waals surface area contributed by atoms with Crippen LogP contribution in [0.1, 0.15) is 30.4 Å². The molecule has 0 bridgehead atoms. The minimum Gasteiger partial charge on any atom is -0.497 e. The van der Waals surface area contributed by atoms with Crippen LogP contribution in [0.15, 0.2) is 59.6 Å². The molecule has 168 valence electrons. The molecule has 6 nitrogen and oxygen atoms in total. The topological polar surface area (TPSA) is 66.0 Å².